The molecule has 0 aliphatic rings. The van der Waals surface area contributed by atoms with Gasteiger partial charge in [0.05, 0.1) is 6.42 Å². The molecule has 0 saturated carbocycles. The van der Waals surface area contributed by atoms with Crippen LogP contribution in [-0.2, 0) is 24.7 Å². The summed E-state index contributed by atoms with van der Waals surface area (Å²) in [4.78, 5) is 25.6. The van der Waals surface area contributed by atoms with E-state index in [4.69, 9.17) is 0 Å². The van der Waals surface area contributed by atoms with E-state index in [1.165, 1.54) is 0 Å². The fourth-order valence-corrected chi connectivity index (χ4v) is 2.75. The molecular weight excluding hydrogens is 296 g/mol. The molecule has 0 spiro atoms. The molecule has 0 aliphatic carbocycles. The number of hydrogen-bond donors (Lipinski definition) is 2. The first-order valence-electron chi connectivity index (χ1n) is 7.40. The Morgan fingerprint density at radius 3 is 2.96 bits per heavy atom. The number of rotatable bonds is 5. The molecule has 3 rings (SSSR count). The van der Waals surface area contributed by atoms with Crippen LogP contribution in [0.3, 0.4) is 0 Å². The van der Waals surface area contributed by atoms with Crippen LogP contribution in [0, 0.1) is 0 Å². The lowest BCUT2D eigenvalue weighted by Crippen LogP contribution is -2.35. The summed E-state index contributed by atoms with van der Waals surface area (Å²) in [7, 11) is 1.97. The first kappa shape index (κ1) is 15.1. The highest BCUT2D eigenvalue weighted by molar-refractivity contribution is 5.89. The van der Waals surface area contributed by atoms with E-state index in [0.717, 1.165) is 16.5 Å². The van der Waals surface area contributed by atoms with Crippen molar-refractivity contribution in [3.8, 4) is 0 Å². The zero-order valence-electron chi connectivity index (χ0n) is 13.0. The van der Waals surface area contributed by atoms with Gasteiger partial charge in [-0.05, 0) is 18.6 Å². The number of amides is 1. The van der Waals surface area contributed by atoms with Crippen LogP contribution < -0.4 is 11.1 Å². The molecule has 7 nitrogen and oxygen atoms in total. The number of carbonyl (C=O) groups is 1. The van der Waals surface area contributed by atoms with Crippen molar-refractivity contribution in [3.63, 3.8) is 0 Å². The van der Waals surface area contributed by atoms with Gasteiger partial charge in [-0.25, -0.2) is 4.79 Å². The number of aromatic nitrogens is 3. The first-order chi connectivity index (χ1) is 11.0. The van der Waals surface area contributed by atoms with Crippen LogP contribution in [0.25, 0.3) is 10.9 Å². The SMILES string of the molecule is CC(Cc1noc(=O)[nH]1)NC(=O)Cc1cn(C)c2ccccc12. The molecule has 0 fully saturated rings. The number of nitrogens with one attached hydrogen (secondary N) is 2. The summed E-state index contributed by atoms with van der Waals surface area (Å²) in [5.74, 6) is -0.234. The van der Waals surface area contributed by atoms with E-state index in [-0.39, 0.29) is 11.9 Å². The van der Waals surface area contributed by atoms with Gasteiger partial charge in [-0.1, -0.05) is 23.4 Å². The number of carbonyl (C=O) groups excluding carboxylic acids is 1. The van der Waals surface area contributed by atoms with Crippen LogP contribution in [0.5, 0.6) is 0 Å². The zero-order valence-corrected chi connectivity index (χ0v) is 13.0. The smallest absolute Gasteiger partial charge is 0.353 e. The van der Waals surface area contributed by atoms with Gasteiger partial charge in [0.1, 0.15) is 0 Å². The van der Waals surface area contributed by atoms with Gasteiger partial charge in [-0.15, -0.1) is 0 Å². The number of H-pyrrole nitrogens is 1. The normalized spacial score (nSPS) is 12.4. The third-order valence-electron chi connectivity index (χ3n) is 3.72. The summed E-state index contributed by atoms with van der Waals surface area (Å²) < 4.78 is 6.46. The highest BCUT2D eigenvalue weighted by Gasteiger charge is 2.14. The number of fused-ring (bicyclic) bond motifs is 1. The highest BCUT2D eigenvalue weighted by Crippen LogP contribution is 2.20. The molecule has 1 atom stereocenters. The predicted octanol–water partition coefficient (Wildman–Crippen LogP) is 1.14. The van der Waals surface area contributed by atoms with Gasteiger partial charge in [0.15, 0.2) is 5.82 Å². The van der Waals surface area contributed by atoms with Gasteiger partial charge in [0.25, 0.3) is 0 Å². The molecule has 0 aliphatic heterocycles. The molecular formula is C16H18N4O3. The van der Waals surface area contributed by atoms with Crippen LogP contribution in [0.15, 0.2) is 39.8 Å². The Balaban J connectivity index is 1.65. The molecule has 1 amide bonds. The lowest BCUT2D eigenvalue weighted by molar-refractivity contribution is -0.121. The van der Waals surface area contributed by atoms with Gasteiger partial charge in [-0.2, -0.15) is 0 Å². The Labute approximate surface area is 132 Å². The van der Waals surface area contributed by atoms with Crippen LogP contribution >= 0.6 is 0 Å². The highest BCUT2D eigenvalue weighted by atomic mass is 16.5. The number of aryl methyl sites for hydroxylation is 1. The number of benzene rings is 1. The van der Waals surface area contributed by atoms with E-state index < -0.39 is 5.76 Å². The molecule has 0 bridgehead atoms. The molecule has 1 aromatic carbocycles. The molecule has 120 valence electrons. The second-order valence-corrected chi connectivity index (χ2v) is 5.67. The molecule has 2 heterocycles. The van der Waals surface area contributed by atoms with Gasteiger partial charge >= 0.3 is 5.76 Å². The Morgan fingerprint density at radius 2 is 2.22 bits per heavy atom. The lowest BCUT2D eigenvalue weighted by Gasteiger charge is -2.11. The maximum absolute atomic E-state index is 12.2. The number of para-hydroxylation sites is 1. The van der Waals surface area contributed by atoms with Crippen LogP contribution in [-0.4, -0.2) is 26.7 Å². The molecule has 3 aromatic rings. The summed E-state index contributed by atoms with van der Waals surface area (Å²) in [5.41, 5.74) is 2.09. The van der Waals surface area contributed by atoms with Crippen molar-refractivity contribution >= 4 is 16.8 Å². The molecule has 2 N–H and O–H groups in total. The Bertz CT molecular complexity index is 890. The number of nitrogens with zero attached hydrogens (tertiary/aromatic N) is 2. The average molecular weight is 314 g/mol. The summed E-state index contributed by atoms with van der Waals surface area (Å²) in [6, 6.07) is 7.83. The Kier molecular flexibility index (Phi) is 4.01. The molecule has 7 heteroatoms. The van der Waals surface area contributed by atoms with E-state index >= 15 is 0 Å². The number of hydrogen-bond acceptors (Lipinski definition) is 4. The third-order valence-corrected chi connectivity index (χ3v) is 3.72. The average Bonchev–Trinajstić information content (AvgIpc) is 3.04. The topological polar surface area (TPSA) is 92.9 Å². The van der Waals surface area contributed by atoms with Crippen LogP contribution in [0.1, 0.15) is 18.3 Å². The fraction of sp³-hybridized carbons (Fsp3) is 0.312. The summed E-state index contributed by atoms with van der Waals surface area (Å²) >= 11 is 0. The van der Waals surface area contributed by atoms with Gasteiger partial charge in [0.2, 0.25) is 5.91 Å². The number of aromatic amines is 1. The molecule has 0 saturated heterocycles. The second kappa shape index (κ2) is 6.12. The quantitative estimate of drug-likeness (QED) is 0.738. The minimum Gasteiger partial charge on any atom is -0.353 e. The van der Waals surface area contributed by atoms with Crippen molar-refractivity contribution in [3.05, 3.63) is 52.4 Å². The summed E-state index contributed by atoms with van der Waals surface area (Å²) in [5, 5.41) is 7.58. The van der Waals surface area contributed by atoms with Crippen molar-refractivity contribution in [2.45, 2.75) is 25.8 Å². The van der Waals surface area contributed by atoms with E-state index in [1.807, 2.05) is 49.0 Å². The molecule has 23 heavy (non-hydrogen) atoms. The lowest BCUT2D eigenvalue weighted by atomic mass is 10.1. The van der Waals surface area contributed by atoms with E-state index in [0.29, 0.717) is 18.7 Å². The van der Waals surface area contributed by atoms with Crippen molar-refractivity contribution in [2.75, 3.05) is 0 Å². The van der Waals surface area contributed by atoms with Gasteiger partial charge in [-0.3, -0.25) is 14.3 Å². The monoisotopic (exact) mass is 314 g/mol. The first-order valence-corrected chi connectivity index (χ1v) is 7.40. The maximum atomic E-state index is 12.2. The zero-order chi connectivity index (χ0) is 16.4. The Morgan fingerprint density at radius 1 is 1.43 bits per heavy atom. The van der Waals surface area contributed by atoms with Crippen molar-refractivity contribution in [1.29, 1.82) is 0 Å². The maximum Gasteiger partial charge on any atom is 0.438 e. The Hall–Kier alpha value is -2.83. The third kappa shape index (κ3) is 3.33. The van der Waals surface area contributed by atoms with E-state index in [2.05, 4.69) is 20.0 Å². The van der Waals surface area contributed by atoms with E-state index in [1.54, 1.807) is 0 Å². The van der Waals surface area contributed by atoms with Crippen LogP contribution in [0.2, 0.25) is 0 Å². The molecule has 0 radical (unpaired) electrons. The minimum absolute atomic E-state index is 0.0697. The predicted molar refractivity (Wildman–Crippen MR) is 85.1 cm³/mol. The molecule has 1 unspecified atom stereocenters. The summed E-state index contributed by atoms with van der Waals surface area (Å²) in [6.45, 7) is 1.86. The van der Waals surface area contributed by atoms with Crippen molar-refractivity contribution in [1.82, 2.24) is 20.0 Å². The van der Waals surface area contributed by atoms with Gasteiger partial charge in [0, 0.05) is 36.6 Å². The van der Waals surface area contributed by atoms with Crippen molar-refractivity contribution < 1.29 is 9.32 Å². The standard InChI is InChI=1S/C16H18N4O3/c1-10(7-14-18-16(22)23-19-14)17-15(21)8-11-9-20(2)13-6-4-3-5-12(11)13/h3-6,9-10H,7-8H2,1-2H3,(H,17,21)(H,18,19,22). The van der Waals surface area contributed by atoms with Gasteiger partial charge < -0.3 is 9.88 Å². The largest absolute Gasteiger partial charge is 0.438 e. The van der Waals surface area contributed by atoms with Crippen LogP contribution in [0.4, 0.5) is 0 Å². The summed E-state index contributed by atoms with van der Waals surface area (Å²) in [6.07, 6.45) is 2.69. The fourth-order valence-electron chi connectivity index (χ4n) is 2.75. The second-order valence-electron chi connectivity index (χ2n) is 5.67. The minimum atomic E-state index is -0.589. The van der Waals surface area contributed by atoms with Crippen molar-refractivity contribution in [2.24, 2.45) is 7.05 Å². The molecule has 2 aromatic heterocycles. The van der Waals surface area contributed by atoms with E-state index in [9.17, 15) is 9.59 Å².